The van der Waals surface area contributed by atoms with Crippen molar-refractivity contribution in [3.63, 3.8) is 0 Å². The van der Waals surface area contributed by atoms with E-state index in [-0.39, 0.29) is 12.6 Å². The first kappa shape index (κ1) is 18.4. The topological polar surface area (TPSA) is 45.7 Å². The number of halogens is 4. The van der Waals surface area contributed by atoms with Gasteiger partial charge in [-0.25, -0.2) is 0 Å². The molecule has 1 atom stereocenters. The second kappa shape index (κ2) is 8.73. The summed E-state index contributed by atoms with van der Waals surface area (Å²) in [5.74, 6) is 0.845. The molecule has 1 unspecified atom stereocenters. The van der Waals surface area contributed by atoms with Gasteiger partial charge in [-0.2, -0.15) is 13.2 Å². The number of nitrogens with one attached hydrogen (secondary N) is 2. The first-order valence-electron chi connectivity index (χ1n) is 6.74. The molecule has 0 fully saturated rings. The number of alkyl halides is 3. The Balaban J connectivity index is 2.35. The highest BCUT2D eigenvalue weighted by Gasteiger charge is 2.26. The number of rotatable bonds is 6. The number of para-hydroxylation sites is 1. The zero-order chi connectivity index (χ0) is 16.6. The van der Waals surface area contributed by atoms with E-state index in [1.807, 2.05) is 6.92 Å². The number of ether oxygens (including phenoxy) is 1. The number of guanidine groups is 1. The molecule has 0 bridgehead atoms. The molecule has 22 heavy (non-hydrogen) atoms. The number of benzene rings is 1. The lowest BCUT2D eigenvalue weighted by atomic mass is 10.3. The normalized spacial score (nSPS) is 13.6. The van der Waals surface area contributed by atoms with Gasteiger partial charge < -0.3 is 15.4 Å². The van der Waals surface area contributed by atoms with Crippen LogP contribution in [0.15, 0.2) is 29.3 Å². The van der Waals surface area contributed by atoms with E-state index in [2.05, 4.69) is 15.6 Å². The van der Waals surface area contributed by atoms with E-state index in [1.54, 1.807) is 24.3 Å². The SMILES string of the molecule is CN=C(NCCC(F)(F)F)NCC(C)Oc1ccccc1Cl. The van der Waals surface area contributed by atoms with Gasteiger partial charge in [-0.3, -0.25) is 4.99 Å². The molecular weight excluding hydrogens is 319 g/mol. The van der Waals surface area contributed by atoms with Crippen LogP contribution in [0.3, 0.4) is 0 Å². The van der Waals surface area contributed by atoms with Crippen LogP contribution in [0.4, 0.5) is 13.2 Å². The summed E-state index contributed by atoms with van der Waals surface area (Å²) in [5, 5.41) is 5.99. The van der Waals surface area contributed by atoms with Crippen molar-refractivity contribution in [1.29, 1.82) is 0 Å². The monoisotopic (exact) mass is 337 g/mol. The van der Waals surface area contributed by atoms with Gasteiger partial charge in [0.1, 0.15) is 11.9 Å². The molecule has 124 valence electrons. The summed E-state index contributed by atoms with van der Waals surface area (Å²) in [4.78, 5) is 3.85. The van der Waals surface area contributed by atoms with Crippen LogP contribution in [0.25, 0.3) is 0 Å². The zero-order valence-corrected chi connectivity index (χ0v) is 13.1. The molecule has 0 aromatic heterocycles. The van der Waals surface area contributed by atoms with Crippen molar-refractivity contribution >= 4 is 17.6 Å². The Kier molecular flexibility index (Phi) is 7.31. The van der Waals surface area contributed by atoms with Crippen LogP contribution in [0.5, 0.6) is 5.75 Å². The molecule has 0 heterocycles. The van der Waals surface area contributed by atoms with Gasteiger partial charge >= 0.3 is 6.18 Å². The Morgan fingerprint density at radius 1 is 1.32 bits per heavy atom. The van der Waals surface area contributed by atoms with E-state index in [9.17, 15) is 13.2 Å². The van der Waals surface area contributed by atoms with E-state index >= 15 is 0 Å². The third-order valence-corrected chi connectivity index (χ3v) is 2.96. The van der Waals surface area contributed by atoms with E-state index in [4.69, 9.17) is 16.3 Å². The highest BCUT2D eigenvalue weighted by molar-refractivity contribution is 6.32. The van der Waals surface area contributed by atoms with Crippen LogP contribution in [0.2, 0.25) is 5.02 Å². The summed E-state index contributed by atoms with van der Waals surface area (Å²) in [6.45, 7) is 1.96. The zero-order valence-electron chi connectivity index (χ0n) is 12.4. The van der Waals surface area contributed by atoms with E-state index in [0.29, 0.717) is 23.3 Å². The van der Waals surface area contributed by atoms with Crippen molar-refractivity contribution in [2.75, 3.05) is 20.1 Å². The molecule has 2 N–H and O–H groups in total. The van der Waals surface area contributed by atoms with Crippen LogP contribution in [0, 0.1) is 0 Å². The Hall–Kier alpha value is -1.63. The van der Waals surface area contributed by atoms with Crippen LogP contribution in [-0.2, 0) is 0 Å². The largest absolute Gasteiger partial charge is 0.487 e. The summed E-state index contributed by atoms with van der Waals surface area (Å²) in [5.41, 5.74) is 0. The molecule has 8 heteroatoms. The van der Waals surface area contributed by atoms with Gasteiger partial charge in [-0.15, -0.1) is 0 Å². The second-order valence-electron chi connectivity index (χ2n) is 4.60. The standard InChI is InChI=1S/C14H19ClF3N3O/c1-10(22-12-6-4-3-5-11(12)15)9-21-13(19-2)20-8-7-14(16,17)18/h3-6,10H,7-9H2,1-2H3,(H2,19,20,21). The van der Waals surface area contributed by atoms with Gasteiger partial charge in [0, 0.05) is 13.6 Å². The van der Waals surface area contributed by atoms with Crippen molar-refractivity contribution in [2.24, 2.45) is 4.99 Å². The predicted molar refractivity (Wildman–Crippen MR) is 81.6 cm³/mol. The smallest absolute Gasteiger partial charge is 0.390 e. The molecule has 0 aliphatic rings. The van der Waals surface area contributed by atoms with Gasteiger partial charge in [0.25, 0.3) is 0 Å². The first-order valence-corrected chi connectivity index (χ1v) is 7.12. The highest BCUT2D eigenvalue weighted by atomic mass is 35.5. The summed E-state index contributed by atoms with van der Waals surface area (Å²) >= 11 is 5.98. The number of hydrogen-bond acceptors (Lipinski definition) is 2. The Morgan fingerprint density at radius 2 is 2.00 bits per heavy atom. The predicted octanol–water partition coefficient (Wildman–Crippen LogP) is 3.22. The molecule has 0 aliphatic heterocycles. The van der Waals surface area contributed by atoms with Gasteiger partial charge in [-0.1, -0.05) is 23.7 Å². The second-order valence-corrected chi connectivity index (χ2v) is 5.01. The number of hydrogen-bond donors (Lipinski definition) is 2. The van der Waals surface area contributed by atoms with Crippen molar-refractivity contribution < 1.29 is 17.9 Å². The van der Waals surface area contributed by atoms with Crippen LogP contribution < -0.4 is 15.4 Å². The van der Waals surface area contributed by atoms with Gasteiger partial charge in [0.05, 0.1) is 18.0 Å². The maximum absolute atomic E-state index is 12.1. The first-order chi connectivity index (χ1) is 10.3. The van der Waals surface area contributed by atoms with Gasteiger partial charge in [-0.05, 0) is 19.1 Å². The minimum Gasteiger partial charge on any atom is -0.487 e. The molecule has 0 spiro atoms. The molecule has 1 aromatic rings. The highest BCUT2D eigenvalue weighted by Crippen LogP contribution is 2.24. The van der Waals surface area contributed by atoms with Crippen molar-refractivity contribution in [1.82, 2.24) is 10.6 Å². The number of aliphatic imine (C=N–C) groups is 1. The lowest BCUT2D eigenvalue weighted by molar-refractivity contribution is -0.132. The van der Waals surface area contributed by atoms with Gasteiger partial charge in [0.15, 0.2) is 5.96 Å². The van der Waals surface area contributed by atoms with E-state index in [1.165, 1.54) is 7.05 Å². The third kappa shape index (κ3) is 7.40. The van der Waals surface area contributed by atoms with Crippen LogP contribution in [-0.4, -0.2) is 38.4 Å². The molecular formula is C14H19ClF3N3O. The van der Waals surface area contributed by atoms with Crippen LogP contribution >= 0.6 is 11.6 Å². The molecule has 0 radical (unpaired) electrons. The molecule has 0 saturated heterocycles. The molecule has 1 rings (SSSR count). The molecule has 0 amide bonds. The summed E-state index contributed by atoms with van der Waals surface area (Å²) in [6, 6.07) is 7.06. The maximum atomic E-state index is 12.1. The Labute approximate surface area is 132 Å². The molecule has 0 aliphatic carbocycles. The average molecular weight is 338 g/mol. The Bertz CT molecular complexity index is 494. The quantitative estimate of drug-likeness (QED) is 0.619. The molecule has 4 nitrogen and oxygen atoms in total. The van der Waals surface area contributed by atoms with Gasteiger partial charge in [0.2, 0.25) is 0 Å². The van der Waals surface area contributed by atoms with E-state index < -0.39 is 12.6 Å². The fraction of sp³-hybridized carbons (Fsp3) is 0.500. The fourth-order valence-corrected chi connectivity index (χ4v) is 1.76. The van der Waals surface area contributed by atoms with E-state index in [0.717, 1.165) is 0 Å². The lowest BCUT2D eigenvalue weighted by Gasteiger charge is -2.18. The molecule has 0 saturated carbocycles. The third-order valence-electron chi connectivity index (χ3n) is 2.65. The van der Waals surface area contributed by atoms with Crippen molar-refractivity contribution in [2.45, 2.75) is 25.6 Å². The summed E-state index contributed by atoms with van der Waals surface area (Å²) < 4.78 is 41.9. The summed E-state index contributed by atoms with van der Waals surface area (Å²) in [6.07, 6.45) is -5.34. The molecule has 1 aromatic carbocycles. The summed E-state index contributed by atoms with van der Waals surface area (Å²) in [7, 11) is 1.49. The fourth-order valence-electron chi connectivity index (χ4n) is 1.58. The minimum atomic E-state index is -4.19. The average Bonchev–Trinajstić information content (AvgIpc) is 2.44. The Morgan fingerprint density at radius 3 is 2.59 bits per heavy atom. The minimum absolute atomic E-state index is 0.233. The maximum Gasteiger partial charge on any atom is 0.390 e. The van der Waals surface area contributed by atoms with Crippen molar-refractivity contribution in [3.05, 3.63) is 29.3 Å². The lowest BCUT2D eigenvalue weighted by Crippen LogP contribution is -2.42. The van der Waals surface area contributed by atoms with Crippen molar-refractivity contribution in [3.8, 4) is 5.75 Å². The number of nitrogens with zero attached hydrogens (tertiary/aromatic N) is 1. The van der Waals surface area contributed by atoms with Crippen LogP contribution in [0.1, 0.15) is 13.3 Å².